The van der Waals surface area contributed by atoms with Gasteiger partial charge in [-0.25, -0.2) is 0 Å². The summed E-state index contributed by atoms with van der Waals surface area (Å²) in [7, 11) is -0.963. The molecule has 0 radical (unpaired) electrons. The molecule has 1 unspecified atom stereocenters. The van der Waals surface area contributed by atoms with E-state index in [1.165, 1.54) is 0 Å². The van der Waals surface area contributed by atoms with Crippen molar-refractivity contribution in [3.8, 4) is 0 Å². The molecule has 1 rings (SSSR count). The Morgan fingerprint density at radius 3 is 2.50 bits per heavy atom. The Bertz CT molecular complexity index is 536. The molecule has 4 nitrogen and oxygen atoms in total. The van der Waals surface area contributed by atoms with Gasteiger partial charge in [-0.3, -0.25) is 9.00 Å². The van der Waals surface area contributed by atoms with Gasteiger partial charge < -0.3 is 11.1 Å². The first-order valence-corrected chi connectivity index (χ1v) is 8.95. The number of rotatable bonds is 6. The highest BCUT2D eigenvalue weighted by Crippen LogP contribution is 2.19. The van der Waals surface area contributed by atoms with E-state index in [1.807, 2.05) is 58.9 Å². The number of hydrogen-bond donors (Lipinski definition) is 2. The topological polar surface area (TPSA) is 72.2 Å². The average Bonchev–Trinajstić information content (AvgIpc) is 2.37. The van der Waals surface area contributed by atoms with Crippen molar-refractivity contribution >= 4 is 22.4 Å². The second-order valence-corrected chi connectivity index (χ2v) is 9.23. The minimum Gasteiger partial charge on any atom is -0.325 e. The first kappa shape index (κ1) is 18.8. The van der Waals surface area contributed by atoms with Crippen LogP contribution in [0, 0.1) is 5.92 Å². The molecule has 0 spiro atoms. The molecule has 0 aliphatic heterocycles. The van der Waals surface area contributed by atoms with E-state index >= 15 is 0 Å². The number of nitrogens with two attached hydrogens (primary N) is 1. The normalized spacial score (nSPS) is 14.7. The van der Waals surface area contributed by atoms with Crippen LogP contribution in [0.4, 0.5) is 5.69 Å². The molecule has 3 N–H and O–H groups in total. The monoisotopic (exact) mass is 324 g/mol. The number of carbonyl (C=O) groups excluding carboxylic acids is 1. The summed E-state index contributed by atoms with van der Waals surface area (Å²) in [5.74, 6) is 0.676. The lowest BCUT2D eigenvalue weighted by Crippen LogP contribution is -2.36. The van der Waals surface area contributed by atoms with Crippen LogP contribution in [0.25, 0.3) is 0 Å². The van der Waals surface area contributed by atoms with Gasteiger partial charge in [0.2, 0.25) is 5.91 Å². The molecule has 2 atom stereocenters. The third-order valence-corrected chi connectivity index (χ3v) is 5.20. The maximum atomic E-state index is 12.2. The lowest BCUT2D eigenvalue weighted by molar-refractivity contribution is -0.117. The number of anilines is 1. The maximum absolute atomic E-state index is 12.2. The molecule has 0 saturated heterocycles. The van der Waals surface area contributed by atoms with Crippen LogP contribution in [0.1, 0.15) is 46.6 Å². The first-order valence-electron chi connectivity index (χ1n) is 7.63. The molecule has 1 aromatic carbocycles. The minimum absolute atomic E-state index is 0.178. The van der Waals surface area contributed by atoms with Crippen LogP contribution in [0.5, 0.6) is 0 Å². The molecule has 22 heavy (non-hydrogen) atoms. The van der Waals surface area contributed by atoms with Crippen LogP contribution in [0.3, 0.4) is 0 Å². The van der Waals surface area contributed by atoms with Crippen molar-refractivity contribution in [3.63, 3.8) is 0 Å². The quantitative estimate of drug-likeness (QED) is 0.845. The van der Waals surface area contributed by atoms with E-state index in [0.717, 1.165) is 5.56 Å². The Hall–Kier alpha value is -1.20. The van der Waals surface area contributed by atoms with Crippen LogP contribution in [-0.4, -0.2) is 20.9 Å². The van der Waals surface area contributed by atoms with Crippen molar-refractivity contribution in [3.05, 3.63) is 29.8 Å². The van der Waals surface area contributed by atoms with Gasteiger partial charge in [0, 0.05) is 27.0 Å². The van der Waals surface area contributed by atoms with E-state index in [-0.39, 0.29) is 10.7 Å². The van der Waals surface area contributed by atoms with Crippen molar-refractivity contribution in [2.45, 2.75) is 57.6 Å². The van der Waals surface area contributed by atoms with Crippen molar-refractivity contribution in [2.75, 3.05) is 5.32 Å². The Balaban J connectivity index is 2.72. The summed E-state index contributed by atoms with van der Waals surface area (Å²) in [5, 5.41) is 2.84. The Morgan fingerprint density at radius 1 is 1.32 bits per heavy atom. The molecule has 5 heteroatoms. The van der Waals surface area contributed by atoms with Crippen LogP contribution < -0.4 is 11.1 Å². The largest absolute Gasteiger partial charge is 0.325 e. The predicted molar refractivity (Wildman–Crippen MR) is 94.1 cm³/mol. The highest BCUT2D eigenvalue weighted by molar-refractivity contribution is 7.85. The fraction of sp³-hybridized carbons (Fsp3) is 0.588. The van der Waals surface area contributed by atoms with Crippen LogP contribution in [0.2, 0.25) is 0 Å². The Labute approximate surface area is 136 Å². The zero-order valence-electron chi connectivity index (χ0n) is 14.2. The fourth-order valence-electron chi connectivity index (χ4n) is 1.96. The summed E-state index contributed by atoms with van der Waals surface area (Å²) < 4.78 is 11.9. The van der Waals surface area contributed by atoms with Crippen molar-refractivity contribution in [1.29, 1.82) is 0 Å². The van der Waals surface area contributed by atoms with Gasteiger partial charge in [-0.1, -0.05) is 26.0 Å². The van der Waals surface area contributed by atoms with E-state index in [1.54, 1.807) is 0 Å². The highest BCUT2D eigenvalue weighted by atomic mass is 32.2. The van der Waals surface area contributed by atoms with Gasteiger partial charge in [0.1, 0.15) is 0 Å². The van der Waals surface area contributed by atoms with Crippen molar-refractivity contribution in [1.82, 2.24) is 0 Å². The number of amides is 1. The van der Waals surface area contributed by atoms with E-state index in [4.69, 9.17) is 5.73 Å². The molecule has 0 fully saturated rings. The number of benzene rings is 1. The summed E-state index contributed by atoms with van der Waals surface area (Å²) in [6.07, 6.45) is 0.652. The van der Waals surface area contributed by atoms with Gasteiger partial charge in [0.25, 0.3) is 0 Å². The van der Waals surface area contributed by atoms with Gasteiger partial charge >= 0.3 is 0 Å². The standard InChI is InChI=1S/C17H28N2O2S/c1-12(2)9-15(18)16(20)19-14-8-6-7-13(10-14)11-22(21)17(3,4)5/h6-8,10,12,15H,9,11,18H2,1-5H3,(H,19,20)/t15-,22?/m0/s1. The molecule has 0 bridgehead atoms. The van der Waals surface area contributed by atoms with Crippen LogP contribution >= 0.6 is 0 Å². The van der Waals surface area contributed by atoms with Gasteiger partial charge in [0.15, 0.2) is 0 Å². The zero-order chi connectivity index (χ0) is 16.9. The van der Waals surface area contributed by atoms with E-state index < -0.39 is 16.8 Å². The smallest absolute Gasteiger partial charge is 0.241 e. The molecule has 1 aromatic rings. The molecule has 0 saturated carbocycles. The summed E-state index contributed by atoms with van der Waals surface area (Å²) in [4.78, 5) is 12.0. The molecule has 0 aliphatic carbocycles. The molecule has 1 amide bonds. The van der Waals surface area contributed by atoms with Gasteiger partial charge in [0.05, 0.1) is 6.04 Å². The lowest BCUT2D eigenvalue weighted by Gasteiger charge is -2.18. The van der Waals surface area contributed by atoms with Gasteiger partial charge in [-0.05, 0) is 50.8 Å². The van der Waals surface area contributed by atoms with Crippen LogP contribution in [-0.2, 0) is 21.3 Å². The zero-order valence-corrected chi connectivity index (χ0v) is 15.0. The number of nitrogens with one attached hydrogen (secondary N) is 1. The molecule has 124 valence electrons. The molecule has 0 aromatic heterocycles. The summed E-state index contributed by atoms with van der Waals surface area (Å²) in [6, 6.07) is 6.96. The molecular formula is C17H28N2O2S. The maximum Gasteiger partial charge on any atom is 0.241 e. The van der Waals surface area contributed by atoms with E-state index in [2.05, 4.69) is 5.32 Å². The predicted octanol–water partition coefficient (Wildman–Crippen LogP) is 3.05. The van der Waals surface area contributed by atoms with Crippen LogP contribution in [0.15, 0.2) is 24.3 Å². The fourth-order valence-corrected chi connectivity index (χ4v) is 2.87. The van der Waals surface area contributed by atoms with Crippen molar-refractivity contribution < 1.29 is 9.00 Å². The third kappa shape index (κ3) is 6.28. The van der Waals surface area contributed by atoms with E-state index in [9.17, 15) is 9.00 Å². The summed E-state index contributed by atoms with van der Waals surface area (Å²) in [6.45, 7) is 9.95. The molecule has 0 heterocycles. The second-order valence-electron chi connectivity index (χ2n) is 7.03. The average molecular weight is 324 g/mol. The highest BCUT2D eigenvalue weighted by Gasteiger charge is 2.20. The van der Waals surface area contributed by atoms with Gasteiger partial charge in [-0.2, -0.15) is 0 Å². The Kier molecular flexibility index (Phi) is 6.75. The minimum atomic E-state index is -0.963. The first-order chi connectivity index (χ1) is 10.1. The molecular weight excluding hydrogens is 296 g/mol. The van der Waals surface area contributed by atoms with Crippen molar-refractivity contribution in [2.24, 2.45) is 11.7 Å². The summed E-state index contributed by atoms with van der Waals surface area (Å²) in [5.41, 5.74) is 7.53. The molecule has 0 aliphatic rings. The van der Waals surface area contributed by atoms with E-state index in [0.29, 0.717) is 23.8 Å². The number of hydrogen-bond acceptors (Lipinski definition) is 3. The third-order valence-electron chi connectivity index (χ3n) is 3.24. The summed E-state index contributed by atoms with van der Waals surface area (Å²) >= 11 is 0. The Morgan fingerprint density at radius 2 is 1.95 bits per heavy atom. The lowest BCUT2D eigenvalue weighted by atomic mass is 10.0. The second kappa shape index (κ2) is 7.88. The number of carbonyl (C=O) groups is 1. The van der Waals surface area contributed by atoms with Gasteiger partial charge in [-0.15, -0.1) is 0 Å². The SMILES string of the molecule is CC(C)C[C@H](N)C(=O)Nc1cccc(CS(=O)C(C)(C)C)c1.